The molecule has 2 atom stereocenters. The highest BCUT2D eigenvalue weighted by atomic mass is 32.2. The Labute approximate surface area is 247 Å². The zero-order valence-corrected chi connectivity index (χ0v) is 25.6. The number of methoxy groups -OCH3 is 2. The molecule has 2 aromatic heterocycles. The standard InChI is InChI=1S/C29H40FN7O4S/c1-19(2)21-6-7-25(37-16-20(17-37)35(3)42(38,39)13-12-40-4)23-15-32-28(14-22(21)23)33-27-8-10-31-29(34-27)36-11-9-26(41-5)24(30)18-36/h6-8,10,14-15,19-20,24,26H,9,11-13,16-18H2,1-5H3,(H,31,32,33,34). The number of benzene rings is 1. The average Bonchev–Trinajstić information content (AvgIpc) is 2.95. The lowest BCUT2D eigenvalue weighted by molar-refractivity contribution is 0.0194. The second-order valence-corrected chi connectivity index (χ2v) is 13.4. The number of nitrogens with one attached hydrogen (secondary N) is 1. The molecule has 1 N–H and O–H groups in total. The summed E-state index contributed by atoms with van der Waals surface area (Å²) in [4.78, 5) is 17.7. The summed E-state index contributed by atoms with van der Waals surface area (Å²) in [5, 5.41) is 5.38. The molecule has 11 nitrogen and oxygen atoms in total. The van der Waals surface area contributed by atoms with Crippen LogP contribution in [0.4, 0.5) is 27.7 Å². The summed E-state index contributed by atoms with van der Waals surface area (Å²) >= 11 is 0. The summed E-state index contributed by atoms with van der Waals surface area (Å²) in [6.45, 7) is 6.49. The number of hydrogen-bond acceptors (Lipinski definition) is 10. The zero-order chi connectivity index (χ0) is 30.0. The minimum atomic E-state index is -3.38. The Morgan fingerprint density at radius 2 is 1.88 bits per heavy atom. The number of pyridine rings is 1. The van der Waals surface area contributed by atoms with Crippen molar-refractivity contribution in [3.63, 3.8) is 0 Å². The van der Waals surface area contributed by atoms with Gasteiger partial charge in [-0.1, -0.05) is 19.9 Å². The highest BCUT2D eigenvalue weighted by Gasteiger charge is 2.36. The second kappa shape index (κ2) is 12.6. The van der Waals surface area contributed by atoms with Gasteiger partial charge in [0.1, 0.15) is 17.8 Å². The molecule has 2 saturated heterocycles. The van der Waals surface area contributed by atoms with Crippen LogP contribution in [0, 0.1) is 0 Å². The maximum atomic E-state index is 14.5. The first-order valence-corrected chi connectivity index (χ1v) is 15.9. The van der Waals surface area contributed by atoms with Gasteiger partial charge in [-0.05, 0) is 41.5 Å². The second-order valence-electron chi connectivity index (χ2n) is 11.2. The number of alkyl halides is 1. The summed E-state index contributed by atoms with van der Waals surface area (Å²) in [5.74, 6) is 1.93. The van der Waals surface area contributed by atoms with Crippen molar-refractivity contribution in [1.82, 2.24) is 19.3 Å². The summed E-state index contributed by atoms with van der Waals surface area (Å²) < 4.78 is 51.4. The number of halogens is 1. The van der Waals surface area contributed by atoms with E-state index in [-0.39, 0.29) is 30.9 Å². The summed E-state index contributed by atoms with van der Waals surface area (Å²) in [6, 6.07) is 7.93. The van der Waals surface area contributed by atoms with Gasteiger partial charge in [0.05, 0.1) is 31.1 Å². The third kappa shape index (κ3) is 6.29. The molecule has 42 heavy (non-hydrogen) atoms. The van der Waals surface area contributed by atoms with Gasteiger partial charge in [-0.2, -0.15) is 9.29 Å². The molecule has 3 aromatic rings. The fourth-order valence-electron chi connectivity index (χ4n) is 5.57. The number of fused-ring (bicyclic) bond motifs is 1. The Kier molecular flexibility index (Phi) is 9.11. The molecule has 228 valence electrons. The molecule has 0 saturated carbocycles. The van der Waals surface area contributed by atoms with Gasteiger partial charge in [0, 0.05) is 64.4 Å². The number of hydrogen-bond donors (Lipinski definition) is 1. The van der Waals surface area contributed by atoms with Gasteiger partial charge in [0.2, 0.25) is 16.0 Å². The molecule has 0 spiro atoms. The molecule has 2 unspecified atom stereocenters. The number of ether oxygens (including phenoxy) is 2. The number of likely N-dealkylation sites (N-methyl/N-ethyl adjacent to an activating group) is 1. The lowest BCUT2D eigenvalue weighted by Gasteiger charge is -2.45. The van der Waals surface area contributed by atoms with Crippen LogP contribution in [0.15, 0.2) is 36.7 Å². The lowest BCUT2D eigenvalue weighted by Crippen LogP contribution is -2.60. The minimum absolute atomic E-state index is 0.0290. The van der Waals surface area contributed by atoms with Crippen molar-refractivity contribution >= 4 is 44.1 Å². The first kappa shape index (κ1) is 30.3. The largest absolute Gasteiger partial charge is 0.384 e. The Bertz CT molecular complexity index is 1500. The predicted molar refractivity (Wildman–Crippen MR) is 163 cm³/mol. The van der Waals surface area contributed by atoms with Crippen molar-refractivity contribution in [2.75, 3.05) is 74.9 Å². The van der Waals surface area contributed by atoms with E-state index in [0.29, 0.717) is 43.6 Å². The normalized spacial score (nSPS) is 20.0. The molecule has 0 amide bonds. The van der Waals surface area contributed by atoms with E-state index in [1.54, 1.807) is 19.3 Å². The van der Waals surface area contributed by atoms with E-state index in [9.17, 15) is 12.8 Å². The van der Waals surface area contributed by atoms with E-state index in [0.717, 1.165) is 16.5 Å². The van der Waals surface area contributed by atoms with Gasteiger partial charge in [0.15, 0.2) is 0 Å². The van der Waals surface area contributed by atoms with Crippen LogP contribution >= 0.6 is 0 Å². The SMILES string of the molecule is COCCS(=O)(=O)N(C)C1CN(c2ccc(C(C)C)c3cc(Nc4ccnc(N5CCC(OC)C(F)C5)n4)ncc23)C1. The van der Waals surface area contributed by atoms with Gasteiger partial charge in [0.25, 0.3) is 0 Å². The van der Waals surface area contributed by atoms with Crippen LogP contribution < -0.4 is 15.1 Å². The number of aromatic nitrogens is 3. The molecular formula is C29H40FN7O4S. The van der Waals surface area contributed by atoms with Crippen molar-refractivity contribution in [2.45, 2.75) is 44.5 Å². The number of piperidine rings is 1. The first-order chi connectivity index (χ1) is 20.1. The third-order valence-electron chi connectivity index (χ3n) is 8.20. The van der Waals surface area contributed by atoms with E-state index in [1.165, 1.54) is 24.1 Å². The Balaban J connectivity index is 1.35. The molecule has 5 rings (SSSR count). The van der Waals surface area contributed by atoms with Crippen molar-refractivity contribution in [3.8, 4) is 0 Å². The first-order valence-electron chi connectivity index (χ1n) is 14.3. The fourth-order valence-corrected chi connectivity index (χ4v) is 6.82. The Hall–Kier alpha value is -3.13. The van der Waals surface area contributed by atoms with E-state index >= 15 is 0 Å². The van der Waals surface area contributed by atoms with E-state index in [4.69, 9.17) is 14.5 Å². The van der Waals surface area contributed by atoms with Crippen molar-refractivity contribution < 1.29 is 22.3 Å². The maximum absolute atomic E-state index is 14.5. The van der Waals surface area contributed by atoms with Crippen LogP contribution in [0.2, 0.25) is 0 Å². The minimum Gasteiger partial charge on any atom is -0.384 e. The highest BCUT2D eigenvalue weighted by molar-refractivity contribution is 7.89. The quantitative estimate of drug-likeness (QED) is 0.350. The molecule has 4 heterocycles. The average molecular weight is 602 g/mol. The highest BCUT2D eigenvalue weighted by Crippen LogP contribution is 2.37. The van der Waals surface area contributed by atoms with Gasteiger partial charge in [-0.15, -0.1) is 0 Å². The molecule has 13 heteroatoms. The lowest BCUT2D eigenvalue weighted by atomic mass is 9.94. The molecule has 0 bridgehead atoms. The van der Waals surface area contributed by atoms with Crippen molar-refractivity contribution in [2.24, 2.45) is 0 Å². The predicted octanol–water partition coefficient (Wildman–Crippen LogP) is 3.55. The van der Waals surface area contributed by atoms with Crippen LogP contribution in [0.25, 0.3) is 10.8 Å². The third-order valence-corrected chi connectivity index (χ3v) is 10.1. The fraction of sp³-hybridized carbons (Fsp3) is 0.552. The summed E-state index contributed by atoms with van der Waals surface area (Å²) in [6.07, 6.45) is 2.59. The zero-order valence-electron chi connectivity index (χ0n) is 24.8. The number of sulfonamides is 1. The molecular weight excluding hydrogens is 561 g/mol. The molecule has 2 fully saturated rings. The molecule has 0 aliphatic carbocycles. The van der Waals surface area contributed by atoms with Crippen LogP contribution in [0.5, 0.6) is 0 Å². The number of nitrogens with zero attached hydrogens (tertiary/aromatic N) is 6. The smallest absolute Gasteiger partial charge is 0.227 e. The van der Waals surface area contributed by atoms with Gasteiger partial charge >= 0.3 is 0 Å². The van der Waals surface area contributed by atoms with Crippen molar-refractivity contribution in [3.05, 3.63) is 42.2 Å². The van der Waals surface area contributed by atoms with Crippen LogP contribution in [-0.2, 0) is 19.5 Å². The molecule has 1 aromatic carbocycles. The van der Waals surface area contributed by atoms with Crippen LogP contribution in [0.1, 0.15) is 31.7 Å². The Morgan fingerprint density at radius 1 is 1.10 bits per heavy atom. The Morgan fingerprint density at radius 3 is 2.57 bits per heavy atom. The maximum Gasteiger partial charge on any atom is 0.227 e. The van der Waals surface area contributed by atoms with Gasteiger partial charge in [-0.25, -0.2) is 22.8 Å². The van der Waals surface area contributed by atoms with Crippen LogP contribution in [0.3, 0.4) is 0 Å². The van der Waals surface area contributed by atoms with E-state index in [2.05, 4.69) is 46.2 Å². The topological polar surface area (TPSA) is 113 Å². The summed E-state index contributed by atoms with van der Waals surface area (Å²) in [5.41, 5.74) is 2.21. The van der Waals surface area contributed by atoms with E-state index in [1.807, 2.05) is 17.2 Å². The van der Waals surface area contributed by atoms with Gasteiger partial charge in [-0.3, -0.25) is 0 Å². The molecule has 2 aliphatic rings. The number of rotatable bonds is 11. The molecule has 0 radical (unpaired) electrons. The molecule has 2 aliphatic heterocycles. The van der Waals surface area contributed by atoms with Crippen LogP contribution in [-0.4, -0.2) is 106 Å². The summed E-state index contributed by atoms with van der Waals surface area (Å²) in [7, 11) is 1.30. The van der Waals surface area contributed by atoms with Crippen molar-refractivity contribution in [1.29, 1.82) is 0 Å². The van der Waals surface area contributed by atoms with Gasteiger partial charge < -0.3 is 24.6 Å². The van der Waals surface area contributed by atoms with E-state index < -0.39 is 22.3 Å². The number of anilines is 4. The monoisotopic (exact) mass is 601 g/mol.